The van der Waals surface area contributed by atoms with Gasteiger partial charge in [-0.25, -0.2) is 4.39 Å². The van der Waals surface area contributed by atoms with Gasteiger partial charge in [0.25, 0.3) is 5.91 Å². The molecule has 0 saturated carbocycles. The van der Waals surface area contributed by atoms with Crippen LogP contribution in [0.5, 0.6) is 5.75 Å². The van der Waals surface area contributed by atoms with E-state index in [-0.39, 0.29) is 36.2 Å². The monoisotopic (exact) mass is 474 g/mol. The van der Waals surface area contributed by atoms with Crippen molar-refractivity contribution in [2.75, 3.05) is 19.7 Å². The highest BCUT2D eigenvalue weighted by molar-refractivity contribution is 5.97. The molecule has 0 N–H and O–H groups in total. The van der Waals surface area contributed by atoms with Gasteiger partial charge in [-0.1, -0.05) is 42.5 Å². The number of nitrogens with zero attached hydrogens (tertiary/aromatic N) is 2. The Hall–Kier alpha value is -3.51. The van der Waals surface area contributed by atoms with Gasteiger partial charge in [-0.15, -0.1) is 0 Å². The fourth-order valence-corrected chi connectivity index (χ4v) is 4.44. The van der Waals surface area contributed by atoms with Crippen molar-refractivity contribution in [2.24, 2.45) is 0 Å². The van der Waals surface area contributed by atoms with E-state index in [1.165, 1.54) is 12.1 Å². The fourth-order valence-electron chi connectivity index (χ4n) is 4.44. The van der Waals surface area contributed by atoms with Gasteiger partial charge in [0.15, 0.2) is 12.4 Å². The largest absolute Gasteiger partial charge is 0.484 e. The molecule has 6 heteroatoms. The molecule has 0 radical (unpaired) electrons. The Morgan fingerprint density at radius 2 is 1.54 bits per heavy atom. The number of ketones is 1. The number of benzene rings is 3. The Morgan fingerprint density at radius 3 is 2.23 bits per heavy atom. The lowest BCUT2D eigenvalue weighted by Gasteiger charge is -2.44. The van der Waals surface area contributed by atoms with Crippen molar-refractivity contribution in [3.63, 3.8) is 0 Å². The van der Waals surface area contributed by atoms with E-state index in [0.29, 0.717) is 24.3 Å². The zero-order valence-corrected chi connectivity index (χ0v) is 20.2. The molecular weight excluding hydrogens is 443 g/mol. The second-order valence-electron chi connectivity index (χ2n) is 9.20. The lowest BCUT2D eigenvalue weighted by molar-refractivity contribution is -0.139. The molecule has 182 valence electrons. The Bertz CT molecular complexity index is 1130. The SMILES string of the molecule is C[C@@H]1CN(Cc2ccc(F)cc2)[C@@H](C)CN1C(=O)COc1ccc(C(=O)Cc2ccccc2)cc1. The standard InChI is InChI=1S/C29H31FN2O3/c1-21-18-32(22(2)17-31(21)19-24-8-12-26(30)13-9-24)29(34)20-35-27-14-10-25(11-15-27)28(33)16-23-6-4-3-5-7-23/h3-15,21-22H,16-20H2,1-2H3/t21-,22+/m0/s1. The first-order chi connectivity index (χ1) is 16.9. The quantitative estimate of drug-likeness (QED) is 0.442. The van der Waals surface area contributed by atoms with Crippen molar-refractivity contribution < 1.29 is 18.7 Å². The summed E-state index contributed by atoms with van der Waals surface area (Å²) >= 11 is 0. The van der Waals surface area contributed by atoms with Crippen molar-refractivity contribution in [3.8, 4) is 5.75 Å². The molecule has 0 spiro atoms. The molecule has 5 nitrogen and oxygen atoms in total. The van der Waals surface area contributed by atoms with E-state index in [1.54, 1.807) is 36.4 Å². The maximum atomic E-state index is 13.2. The molecule has 0 aliphatic carbocycles. The summed E-state index contributed by atoms with van der Waals surface area (Å²) in [4.78, 5) is 29.6. The molecule has 1 aliphatic rings. The average molecular weight is 475 g/mol. The van der Waals surface area contributed by atoms with Crippen LogP contribution in [0.4, 0.5) is 4.39 Å². The lowest BCUT2D eigenvalue weighted by Crippen LogP contribution is -2.58. The van der Waals surface area contributed by atoms with Gasteiger partial charge in [0, 0.05) is 43.7 Å². The molecule has 1 fully saturated rings. The van der Waals surface area contributed by atoms with Crippen molar-refractivity contribution >= 4 is 11.7 Å². The Morgan fingerprint density at radius 1 is 0.857 bits per heavy atom. The summed E-state index contributed by atoms with van der Waals surface area (Å²) in [6.45, 7) is 6.16. The number of carbonyl (C=O) groups is 2. The van der Waals surface area contributed by atoms with Crippen molar-refractivity contribution in [1.29, 1.82) is 0 Å². The predicted molar refractivity (Wildman–Crippen MR) is 134 cm³/mol. The van der Waals surface area contributed by atoms with E-state index in [1.807, 2.05) is 42.2 Å². The minimum absolute atomic E-state index is 0.0418. The number of piperazine rings is 1. The van der Waals surface area contributed by atoms with Crippen LogP contribution >= 0.6 is 0 Å². The lowest BCUT2D eigenvalue weighted by atomic mass is 10.0. The maximum Gasteiger partial charge on any atom is 0.260 e. The molecule has 2 atom stereocenters. The second-order valence-corrected chi connectivity index (χ2v) is 9.20. The molecule has 35 heavy (non-hydrogen) atoms. The van der Waals surface area contributed by atoms with E-state index in [4.69, 9.17) is 4.74 Å². The number of ether oxygens (including phenoxy) is 1. The normalized spacial score (nSPS) is 18.3. The van der Waals surface area contributed by atoms with E-state index in [9.17, 15) is 14.0 Å². The first-order valence-electron chi connectivity index (χ1n) is 12.0. The number of halogens is 1. The zero-order valence-electron chi connectivity index (χ0n) is 20.2. The average Bonchev–Trinajstić information content (AvgIpc) is 2.87. The Balaban J connectivity index is 1.27. The minimum Gasteiger partial charge on any atom is -0.484 e. The third kappa shape index (κ3) is 6.55. The molecule has 1 heterocycles. The fraction of sp³-hybridized carbons (Fsp3) is 0.310. The first-order valence-corrected chi connectivity index (χ1v) is 12.0. The molecule has 1 amide bonds. The first kappa shape index (κ1) is 24.6. The number of Topliss-reactive ketones (excluding diaryl/α,β-unsaturated/α-hetero) is 1. The van der Waals surface area contributed by atoms with Crippen molar-refractivity contribution in [2.45, 2.75) is 38.9 Å². The molecule has 0 unspecified atom stereocenters. The number of hydrogen-bond donors (Lipinski definition) is 0. The van der Waals surface area contributed by atoms with E-state index < -0.39 is 0 Å². The van der Waals surface area contributed by atoms with Gasteiger partial charge in [-0.2, -0.15) is 0 Å². The second kappa shape index (κ2) is 11.3. The van der Waals surface area contributed by atoms with Crippen LogP contribution in [-0.4, -0.2) is 53.3 Å². The molecule has 3 aromatic carbocycles. The summed E-state index contributed by atoms with van der Waals surface area (Å²) in [5, 5.41) is 0. The molecule has 3 aromatic rings. The molecule has 0 aromatic heterocycles. The van der Waals surface area contributed by atoms with Crippen LogP contribution in [0.25, 0.3) is 0 Å². The van der Waals surface area contributed by atoms with Crippen molar-refractivity contribution in [1.82, 2.24) is 9.80 Å². The number of carbonyl (C=O) groups excluding carboxylic acids is 2. The van der Waals surface area contributed by atoms with Crippen LogP contribution in [0.3, 0.4) is 0 Å². The Labute approximate surface area is 206 Å². The summed E-state index contributed by atoms with van der Waals surface area (Å²) in [6, 6.07) is 23.4. The Kier molecular flexibility index (Phi) is 7.93. The summed E-state index contributed by atoms with van der Waals surface area (Å²) in [5.41, 5.74) is 2.65. The van der Waals surface area contributed by atoms with Crippen molar-refractivity contribution in [3.05, 3.63) is 101 Å². The number of rotatable bonds is 8. The zero-order chi connectivity index (χ0) is 24.8. The predicted octanol–water partition coefficient (Wildman–Crippen LogP) is 4.75. The highest BCUT2D eigenvalue weighted by atomic mass is 19.1. The minimum atomic E-state index is -0.237. The van der Waals surface area contributed by atoms with Crippen LogP contribution in [-0.2, 0) is 17.8 Å². The maximum absolute atomic E-state index is 13.2. The van der Waals surface area contributed by atoms with Crippen LogP contribution in [0.1, 0.15) is 35.3 Å². The van der Waals surface area contributed by atoms with Gasteiger partial charge >= 0.3 is 0 Å². The summed E-state index contributed by atoms with van der Waals surface area (Å²) in [7, 11) is 0. The molecular formula is C29H31FN2O3. The van der Waals surface area contributed by atoms with E-state index >= 15 is 0 Å². The van der Waals surface area contributed by atoms with Crippen LogP contribution < -0.4 is 4.74 Å². The number of amides is 1. The highest BCUT2D eigenvalue weighted by Crippen LogP contribution is 2.20. The topological polar surface area (TPSA) is 49.9 Å². The van der Waals surface area contributed by atoms with Gasteiger partial charge in [0.05, 0.1) is 0 Å². The van der Waals surface area contributed by atoms with Gasteiger partial charge in [0.2, 0.25) is 0 Å². The summed E-state index contributed by atoms with van der Waals surface area (Å²) < 4.78 is 18.9. The van der Waals surface area contributed by atoms with Gasteiger partial charge < -0.3 is 9.64 Å². The van der Waals surface area contributed by atoms with E-state index in [2.05, 4.69) is 11.8 Å². The van der Waals surface area contributed by atoms with E-state index in [0.717, 1.165) is 24.2 Å². The third-order valence-corrected chi connectivity index (χ3v) is 6.48. The number of hydrogen-bond acceptors (Lipinski definition) is 4. The van der Waals surface area contributed by atoms with Crippen LogP contribution in [0, 0.1) is 5.82 Å². The molecule has 4 rings (SSSR count). The van der Waals surface area contributed by atoms with Gasteiger partial charge in [0.1, 0.15) is 11.6 Å². The van der Waals surface area contributed by atoms with Crippen LogP contribution in [0.15, 0.2) is 78.9 Å². The van der Waals surface area contributed by atoms with Gasteiger partial charge in [-0.3, -0.25) is 14.5 Å². The molecule has 0 bridgehead atoms. The molecule has 1 saturated heterocycles. The molecule has 1 aliphatic heterocycles. The smallest absolute Gasteiger partial charge is 0.260 e. The third-order valence-electron chi connectivity index (χ3n) is 6.48. The summed E-state index contributed by atoms with van der Waals surface area (Å²) in [5.74, 6) is 0.305. The van der Waals surface area contributed by atoms with Gasteiger partial charge in [-0.05, 0) is 61.4 Å². The van der Waals surface area contributed by atoms with Crippen LogP contribution in [0.2, 0.25) is 0 Å². The highest BCUT2D eigenvalue weighted by Gasteiger charge is 2.32. The summed E-state index contributed by atoms with van der Waals surface area (Å²) in [6.07, 6.45) is 0.350.